The van der Waals surface area contributed by atoms with E-state index in [4.69, 9.17) is 0 Å². The van der Waals surface area contributed by atoms with Crippen molar-refractivity contribution in [3.63, 3.8) is 0 Å². The van der Waals surface area contributed by atoms with E-state index in [0.717, 1.165) is 41.2 Å². The summed E-state index contributed by atoms with van der Waals surface area (Å²) in [5.41, 5.74) is -2.63. The van der Waals surface area contributed by atoms with E-state index in [-0.39, 0.29) is 18.2 Å². The molecule has 1 aliphatic carbocycles. The number of hydrogen-bond donors (Lipinski definition) is 2. The number of nitrogens with zero attached hydrogens (tertiary/aromatic N) is 1. The van der Waals surface area contributed by atoms with E-state index in [9.17, 15) is 22.8 Å². The highest BCUT2D eigenvalue weighted by Gasteiger charge is 2.64. The number of rotatable bonds is 6. The van der Waals surface area contributed by atoms with Crippen LogP contribution in [0.2, 0.25) is 0 Å². The van der Waals surface area contributed by atoms with Gasteiger partial charge in [-0.25, -0.2) is 9.78 Å². The molecule has 0 fully saturated rings. The topological polar surface area (TPSA) is 80.3 Å². The van der Waals surface area contributed by atoms with Gasteiger partial charge in [-0.3, -0.25) is 4.79 Å². The van der Waals surface area contributed by atoms with Gasteiger partial charge in [0, 0.05) is 11.3 Å². The molecule has 0 spiro atoms. The second-order valence-electron chi connectivity index (χ2n) is 5.59. The van der Waals surface area contributed by atoms with Gasteiger partial charge in [0.2, 0.25) is 5.91 Å². The number of hydrogen-bond acceptors (Lipinski definition) is 6. The van der Waals surface area contributed by atoms with Crippen LogP contribution in [0.3, 0.4) is 0 Å². The molecule has 6 nitrogen and oxygen atoms in total. The molecule has 0 unspecified atom stereocenters. The van der Waals surface area contributed by atoms with Crippen LogP contribution >= 0.6 is 11.3 Å². The molecule has 1 aromatic rings. The van der Waals surface area contributed by atoms with E-state index in [0.29, 0.717) is 6.42 Å². The molecule has 2 rings (SSSR count). The van der Waals surface area contributed by atoms with Gasteiger partial charge >= 0.3 is 17.8 Å². The van der Waals surface area contributed by atoms with E-state index in [1.165, 1.54) is 13.8 Å². The van der Waals surface area contributed by atoms with Crippen molar-refractivity contribution in [3.05, 3.63) is 10.6 Å². The number of nitrogens with one attached hydrogen (secondary N) is 2. The summed E-state index contributed by atoms with van der Waals surface area (Å²) in [4.78, 5) is 28.9. The lowest BCUT2D eigenvalue weighted by Gasteiger charge is -2.34. The van der Waals surface area contributed by atoms with Crippen LogP contribution in [0.5, 0.6) is 0 Å². The average molecular weight is 379 g/mol. The van der Waals surface area contributed by atoms with Crippen LogP contribution in [0.4, 0.5) is 18.3 Å². The monoisotopic (exact) mass is 379 g/mol. The molecule has 25 heavy (non-hydrogen) atoms. The summed E-state index contributed by atoms with van der Waals surface area (Å²) in [5, 5.41) is 3.80. The van der Waals surface area contributed by atoms with Crippen LogP contribution in [0.25, 0.3) is 0 Å². The molecule has 2 N–H and O–H groups in total. The molecule has 0 aliphatic heterocycles. The number of ether oxygens (including phenoxy) is 1. The van der Waals surface area contributed by atoms with Crippen LogP contribution in [0.15, 0.2) is 0 Å². The fourth-order valence-corrected chi connectivity index (χ4v) is 3.60. The minimum absolute atomic E-state index is 0.0614. The lowest BCUT2D eigenvalue weighted by atomic mass is 10.0. The fourth-order valence-electron chi connectivity index (χ4n) is 2.49. The summed E-state index contributed by atoms with van der Waals surface area (Å²) < 4.78 is 46.0. The van der Waals surface area contributed by atoms with Crippen molar-refractivity contribution in [1.29, 1.82) is 0 Å². The van der Waals surface area contributed by atoms with Gasteiger partial charge in [-0.15, -0.1) is 11.3 Å². The molecule has 0 saturated heterocycles. The zero-order chi connectivity index (χ0) is 18.7. The number of carbonyl (C=O) groups excluding carboxylic acids is 2. The number of amides is 1. The second kappa shape index (κ2) is 7.59. The van der Waals surface area contributed by atoms with E-state index < -0.39 is 23.7 Å². The summed E-state index contributed by atoms with van der Waals surface area (Å²) in [6.07, 6.45) is -2.03. The first-order chi connectivity index (χ1) is 11.7. The first kappa shape index (κ1) is 19.5. The SMILES string of the molecule is CCOC(=O)[C@@](NC(=O)CC)(Nc1nc2c(s1)CCCC2)C(F)(F)F. The van der Waals surface area contributed by atoms with Crippen molar-refractivity contribution in [2.24, 2.45) is 0 Å². The van der Waals surface area contributed by atoms with Gasteiger partial charge in [0.15, 0.2) is 5.13 Å². The van der Waals surface area contributed by atoms with Crippen LogP contribution in [-0.4, -0.2) is 35.3 Å². The third-order valence-electron chi connectivity index (χ3n) is 3.79. The van der Waals surface area contributed by atoms with Gasteiger partial charge < -0.3 is 15.4 Å². The largest absolute Gasteiger partial charge is 0.463 e. The molecule has 0 bridgehead atoms. The standard InChI is InChI=1S/C15H20F3N3O3S/c1-3-11(22)20-14(15(16,17)18,12(23)24-4-2)21-13-19-9-7-5-6-8-10(9)25-13/h3-8H2,1-2H3,(H,19,21)(H,20,22)/t14-/m1/s1. The summed E-state index contributed by atoms with van der Waals surface area (Å²) in [6, 6.07) is 0. The van der Waals surface area contributed by atoms with Crippen molar-refractivity contribution < 1.29 is 27.5 Å². The van der Waals surface area contributed by atoms with Gasteiger partial charge in [0.1, 0.15) is 0 Å². The molecule has 1 aliphatic rings. The predicted molar refractivity (Wildman–Crippen MR) is 86.2 cm³/mol. The van der Waals surface area contributed by atoms with E-state index in [1.54, 1.807) is 5.32 Å². The molecule has 140 valence electrons. The minimum Gasteiger partial charge on any atom is -0.463 e. The van der Waals surface area contributed by atoms with Crippen LogP contribution in [0.1, 0.15) is 43.7 Å². The summed E-state index contributed by atoms with van der Waals surface area (Å²) >= 11 is 1.07. The Hall–Kier alpha value is -1.84. The Morgan fingerprint density at radius 2 is 1.92 bits per heavy atom. The molecule has 10 heteroatoms. The zero-order valence-electron chi connectivity index (χ0n) is 14.0. The third-order valence-corrected chi connectivity index (χ3v) is 4.87. The normalized spacial score (nSPS) is 16.5. The second-order valence-corrected chi connectivity index (χ2v) is 6.67. The highest BCUT2D eigenvalue weighted by Crippen LogP contribution is 2.36. The lowest BCUT2D eigenvalue weighted by Crippen LogP contribution is -2.69. The number of thiazole rings is 1. The van der Waals surface area contributed by atoms with Crippen LogP contribution in [0, 0.1) is 0 Å². The Morgan fingerprint density at radius 3 is 2.48 bits per heavy atom. The quantitative estimate of drug-likeness (QED) is 0.587. The van der Waals surface area contributed by atoms with Gasteiger partial charge in [0.25, 0.3) is 0 Å². The van der Waals surface area contributed by atoms with Crippen LogP contribution < -0.4 is 10.6 Å². The van der Waals surface area contributed by atoms with Crippen LogP contribution in [-0.2, 0) is 27.2 Å². The highest BCUT2D eigenvalue weighted by molar-refractivity contribution is 7.15. The number of anilines is 1. The number of carbonyl (C=O) groups is 2. The van der Waals surface area contributed by atoms with Crippen molar-refractivity contribution >= 4 is 28.3 Å². The highest BCUT2D eigenvalue weighted by atomic mass is 32.1. The minimum atomic E-state index is -5.11. The number of fused-ring (bicyclic) bond motifs is 1. The molecule has 1 heterocycles. The summed E-state index contributed by atoms with van der Waals surface area (Å²) in [7, 11) is 0. The molecular weight excluding hydrogens is 359 g/mol. The van der Waals surface area contributed by atoms with Gasteiger partial charge in [0.05, 0.1) is 12.3 Å². The van der Waals surface area contributed by atoms with Gasteiger partial charge in [-0.1, -0.05) is 6.92 Å². The van der Waals surface area contributed by atoms with Gasteiger partial charge in [-0.05, 0) is 32.6 Å². The van der Waals surface area contributed by atoms with Crippen molar-refractivity contribution in [2.75, 3.05) is 11.9 Å². The van der Waals surface area contributed by atoms with E-state index in [1.807, 2.05) is 0 Å². The predicted octanol–water partition coefficient (Wildman–Crippen LogP) is 2.78. The Bertz CT molecular complexity index is 624. The smallest absolute Gasteiger partial charge is 0.442 e. The van der Waals surface area contributed by atoms with Crippen molar-refractivity contribution in [3.8, 4) is 0 Å². The lowest BCUT2D eigenvalue weighted by molar-refractivity contribution is -0.207. The molecular formula is C15H20F3N3O3S. The Morgan fingerprint density at radius 1 is 1.24 bits per heavy atom. The maximum atomic E-state index is 13.8. The Labute approximate surface area is 147 Å². The van der Waals surface area contributed by atoms with E-state index in [2.05, 4.69) is 15.0 Å². The van der Waals surface area contributed by atoms with Crippen molar-refractivity contribution in [2.45, 2.75) is 57.8 Å². The van der Waals surface area contributed by atoms with E-state index >= 15 is 0 Å². The molecule has 1 aromatic heterocycles. The summed E-state index contributed by atoms with van der Waals surface area (Å²) in [6.45, 7) is 2.53. The maximum Gasteiger partial charge on any atom is 0.442 e. The van der Waals surface area contributed by atoms with Gasteiger partial charge in [-0.2, -0.15) is 13.2 Å². The number of halogens is 3. The maximum absolute atomic E-state index is 13.8. The number of aromatic nitrogens is 1. The third kappa shape index (κ3) is 4.05. The average Bonchev–Trinajstić information content (AvgIpc) is 2.95. The first-order valence-electron chi connectivity index (χ1n) is 8.05. The Kier molecular flexibility index (Phi) is 5.91. The molecule has 0 aromatic carbocycles. The molecule has 0 radical (unpaired) electrons. The number of aryl methyl sites for hydroxylation is 2. The molecule has 0 saturated carbocycles. The fraction of sp³-hybridized carbons (Fsp3) is 0.667. The summed E-state index contributed by atoms with van der Waals surface area (Å²) in [5.74, 6) is -2.54. The zero-order valence-corrected chi connectivity index (χ0v) is 14.8. The number of alkyl halides is 3. The number of esters is 1. The Balaban J connectivity index is 2.42. The molecule has 1 amide bonds. The first-order valence-corrected chi connectivity index (χ1v) is 8.86. The molecule has 1 atom stereocenters. The van der Waals surface area contributed by atoms with Crippen molar-refractivity contribution in [1.82, 2.24) is 10.3 Å².